The molecular weight excluding hydrogens is 338 g/mol. The van der Waals surface area contributed by atoms with Crippen molar-refractivity contribution in [1.82, 2.24) is 4.90 Å². The van der Waals surface area contributed by atoms with E-state index in [0.29, 0.717) is 30.2 Å². The van der Waals surface area contributed by atoms with Crippen LogP contribution in [0.25, 0.3) is 0 Å². The van der Waals surface area contributed by atoms with E-state index in [9.17, 15) is 4.79 Å². The number of amides is 1. The van der Waals surface area contributed by atoms with Crippen LogP contribution in [0.1, 0.15) is 21.5 Å². The molecule has 0 unspecified atom stereocenters. The molecule has 0 spiro atoms. The van der Waals surface area contributed by atoms with Gasteiger partial charge in [-0.05, 0) is 29.3 Å². The summed E-state index contributed by atoms with van der Waals surface area (Å²) in [5, 5.41) is 0. The summed E-state index contributed by atoms with van der Waals surface area (Å²) in [5.41, 5.74) is 2.74. The van der Waals surface area contributed by atoms with Crippen molar-refractivity contribution in [3.05, 3.63) is 95.6 Å². The first-order chi connectivity index (χ1) is 13.2. The number of hydrogen-bond donors (Lipinski definition) is 0. The maximum Gasteiger partial charge on any atom is 0.254 e. The summed E-state index contributed by atoms with van der Waals surface area (Å²) < 4.78 is 10.6. The molecule has 138 valence electrons. The third-order valence-corrected chi connectivity index (χ3v) is 4.35. The number of nitrogens with zero attached hydrogens (tertiary/aromatic N) is 1. The van der Waals surface area contributed by atoms with Gasteiger partial charge in [-0.2, -0.15) is 0 Å². The molecule has 0 aliphatic carbocycles. The lowest BCUT2D eigenvalue weighted by Crippen LogP contribution is -2.30. The molecule has 3 aromatic rings. The van der Waals surface area contributed by atoms with E-state index in [1.165, 1.54) is 0 Å². The van der Waals surface area contributed by atoms with Gasteiger partial charge in [0.1, 0.15) is 0 Å². The number of rotatable bonds is 7. The van der Waals surface area contributed by atoms with Crippen LogP contribution < -0.4 is 9.47 Å². The maximum absolute atomic E-state index is 13.3. The molecule has 0 atom stereocenters. The lowest BCUT2D eigenvalue weighted by Gasteiger charge is -2.23. The quantitative estimate of drug-likeness (QED) is 0.620. The van der Waals surface area contributed by atoms with E-state index in [0.717, 1.165) is 11.1 Å². The Bertz CT molecular complexity index is 837. The molecule has 27 heavy (non-hydrogen) atoms. The monoisotopic (exact) mass is 361 g/mol. The van der Waals surface area contributed by atoms with Crippen LogP contribution in [-0.2, 0) is 13.1 Å². The molecule has 0 heterocycles. The Morgan fingerprint density at radius 1 is 0.741 bits per heavy atom. The van der Waals surface area contributed by atoms with Crippen LogP contribution in [0.3, 0.4) is 0 Å². The maximum atomic E-state index is 13.3. The van der Waals surface area contributed by atoms with Crippen molar-refractivity contribution in [1.29, 1.82) is 0 Å². The number of ether oxygens (including phenoxy) is 2. The predicted octanol–water partition coefficient (Wildman–Crippen LogP) is 4.55. The van der Waals surface area contributed by atoms with E-state index in [4.69, 9.17) is 9.47 Å². The molecule has 0 N–H and O–H groups in total. The molecule has 3 rings (SSSR count). The van der Waals surface area contributed by atoms with Crippen molar-refractivity contribution in [2.75, 3.05) is 14.2 Å². The van der Waals surface area contributed by atoms with Crippen molar-refractivity contribution in [2.45, 2.75) is 13.1 Å². The van der Waals surface area contributed by atoms with E-state index < -0.39 is 0 Å². The minimum atomic E-state index is -0.0522. The smallest absolute Gasteiger partial charge is 0.254 e. The lowest BCUT2D eigenvalue weighted by molar-refractivity contribution is 0.0729. The van der Waals surface area contributed by atoms with Crippen LogP contribution in [0.15, 0.2) is 78.9 Å². The summed E-state index contributed by atoms with van der Waals surface area (Å²) in [6, 6.07) is 25.2. The van der Waals surface area contributed by atoms with E-state index in [-0.39, 0.29) is 5.91 Å². The summed E-state index contributed by atoms with van der Waals surface area (Å²) >= 11 is 0. The molecule has 1 amide bonds. The van der Waals surface area contributed by atoms with E-state index >= 15 is 0 Å². The predicted molar refractivity (Wildman–Crippen MR) is 106 cm³/mol. The summed E-state index contributed by atoms with van der Waals surface area (Å²) in [4.78, 5) is 15.1. The average molecular weight is 361 g/mol. The van der Waals surface area contributed by atoms with E-state index in [1.807, 2.05) is 65.6 Å². The van der Waals surface area contributed by atoms with Crippen LogP contribution in [0.4, 0.5) is 0 Å². The number of carbonyl (C=O) groups is 1. The second kappa shape index (κ2) is 8.90. The second-order valence-corrected chi connectivity index (χ2v) is 6.20. The average Bonchev–Trinajstić information content (AvgIpc) is 2.73. The molecular formula is C23H23NO3. The number of hydrogen-bond acceptors (Lipinski definition) is 3. The van der Waals surface area contributed by atoms with Crippen LogP contribution in [-0.4, -0.2) is 25.0 Å². The molecule has 0 bridgehead atoms. The Labute approximate surface area is 160 Å². The first kappa shape index (κ1) is 18.5. The summed E-state index contributed by atoms with van der Waals surface area (Å²) in [7, 11) is 3.15. The zero-order valence-corrected chi connectivity index (χ0v) is 15.6. The fourth-order valence-corrected chi connectivity index (χ4v) is 2.96. The normalized spacial score (nSPS) is 10.3. The van der Waals surface area contributed by atoms with Crippen molar-refractivity contribution in [3.63, 3.8) is 0 Å². The van der Waals surface area contributed by atoms with Crippen LogP contribution in [0, 0.1) is 0 Å². The molecule has 0 aromatic heterocycles. The molecule has 4 heteroatoms. The van der Waals surface area contributed by atoms with Crippen LogP contribution in [0.5, 0.6) is 11.5 Å². The number of carbonyl (C=O) groups excluding carboxylic acids is 1. The highest BCUT2D eigenvalue weighted by molar-refractivity contribution is 5.95. The highest BCUT2D eigenvalue weighted by atomic mass is 16.5. The Hall–Kier alpha value is -3.27. The largest absolute Gasteiger partial charge is 0.493 e. The Balaban J connectivity index is 1.90. The minimum absolute atomic E-state index is 0.0522. The van der Waals surface area contributed by atoms with Gasteiger partial charge in [-0.15, -0.1) is 0 Å². The van der Waals surface area contributed by atoms with E-state index in [1.54, 1.807) is 32.4 Å². The van der Waals surface area contributed by atoms with Gasteiger partial charge < -0.3 is 14.4 Å². The van der Waals surface area contributed by atoms with Gasteiger partial charge >= 0.3 is 0 Å². The molecule has 0 aliphatic heterocycles. The molecule has 0 fully saturated rings. The zero-order chi connectivity index (χ0) is 19.1. The summed E-state index contributed by atoms with van der Waals surface area (Å²) in [6.45, 7) is 1.06. The van der Waals surface area contributed by atoms with Gasteiger partial charge in [0.15, 0.2) is 11.5 Å². The van der Waals surface area contributed by atoms with E-state index in [2.05, 4.69) is 0 Å². The summed E-state index contributed by atoms with van der Waals surface area (Å²) in [6.07, 6.45) is 0. The standard InChI is InChI=1S/C23H23NO3/c1-26-21-14-13-20(15-22(21)27-2)23(25)24(16-18-9-5-3-6-10-18)17-19-11-7-4-8-12-19/h3-15H,16-17H2,1-2H3. The number of benzene rings is 3. The van der Waals surface area contributed by atoms with Gasteiger partial charge in [0.25, 0.3) is 5.91 Å². The van der Waals surface area contributed by atoms with Gasteiger partial charge in [0, 0.05) is 18.7 Å². The topological polar surface area (TPSA) is 38.8 Å². The first-order valence-corrected chi connectivity index (χ1v) is 8.80. The molecule has 3 aromatic carbocycles. The fraction of sp³-hybridized carbons (Fsp3) is 0.174. The van der Waals surface area contributed by atoms with Gasteiger partial charge in [0.2, 0.25) is 0 Å². The zero-order valence-electron chi connectivity index (χ0n) is 15.6. The Morgan fingerprint density at radius 3 is 1.74 bits per heavy atom. The molecule has 0 saturated heterocycles. The SMILES string of the molecule is COc1ccc(C(=O)N(Cc2ccccc2)Cc2ccccc2)cc1OC. The van der Waals surface area contributed by atoms with Gasteiger partial charge in [-0.1, -0.05) is 60.7 Å². The molecule has 4 nitrogen and oxygen atoms in total. The van der Waals surface area contributed by atoms with Gasteiger partial charge in [0.05, 0.1) is 14.2 Å². The molecule has 0 radical (unpaired) electrons. The first-order valence-electron chi connectivity index (χ1n) is 8.80. The number of methoxy groups -OCH3 is 2. The van der Waals surface area contributed by atoms with Gasteiger partial charge in [-0.3, -0.25) is 4.79 Å². The van der Waals surface area contributed by atoms with Crippen molar-refractivity contribution < 1.29 is 14.3 Å². The molecule has 0 aliphatic rings. The van der Waals surface area contributed by atoms with Crippen molar-refractivity contribution in [3.8, 4) is 11.5 Å². The van der Waals surface area contributed by atoms with Crippen LogP contribution >= 0.6 is 0 Å². The van der Waals surface area contributed by atoms with Crippen molar-refractivity contribution >= 4 is 5.91 Å². The van der Waals surface area contributed by atoms with Crippen LogP contribution in [0.2, 0.25) is 0 Å². The lowest BCUT2D eigenvalue weighted by atomic mass is 10.1. The highest BCUT2D eigenvalue weighted by Gasteiger charge is 2.18. The Morgan fingerprint density at radius 2 is 1.26 bits per heavy atom. The molecule has 0 saturated carbocycles. The van der Waals surface area contributed by atoms with Crippen molar-refractivity contribution in [2.24, 2.45) is 0 Å². The second-order valence-electron chi connectivity index (χ2n) is 6.20. The van der Waals surface area contributed by atoms with Gasteiger partial charge in [-0.25, -0.2) is 0 Å². The Kier molecular flexibility index (Phi) is 6.10. The minimum Gasteiger partial charge on any atom is -0.493 e. The highest BCUT2D eigenvalue weighted by Crippen LogP contribution is 2.28. The third kappa shape index (κ3) is 4.67. The third-order valence-electron chi connectivity index (χ3n) is 4.35. The fourth-order valence-electron chi connectivity index (χ4n) is 2.96. The summed E-state index contributed by atoms with van der Waals surface area (Å²) in [5.74, 6) is 1.10.